The van der Waals surface area contributed by atoms with Crippen molar-refractivity contribution in [1.82, 2.24) is 24.1 Å². The van der Waals surface area contributed by atoms with E-state index in [9.17, 15) is 4.79 Å². The maximum Gasteiger partial charge on any atom is 0.261 e. The highest BCUT2D eigenvalue weighted by molar-refractivity contribution is 5.75. The van der Waals surface area contributed by atoms with Gasteiger partial charge in [0, 0.05) is 37.1 Å². The molecule has 1 aliphatic rings. The van der Waals surface area contributed by atoms with E-state index in [-0.39, 0.29) is 11.0 Å². The highest BCUT2D eigenvalue weighted by Gasteiger charge is 2.43. The van der Waals surface area contributed by atoms with Gasteiger partial charge in [-0.15, -0.1) is 0 Å². The number of nitrogens with zero attached hydrogens (tertiary/aromatic N) is 5. The standard InChI is InChI=1S/C16H17N5O/c1-12-18-6-7-20(12)9-16(3-4-16)10-21-11-19-14-8-17-5-2-13(14)15(21)22/h2,5-8,11H,3-4,9-10H2,1H3. The Kier molecular flexibility index (Phi) is 2.85. The minimum Gasteiger partial charge on any atom is -0.335 e. The molecule has 0 saturated heterocycles. The quantitative estimate of drug-likeness (QED) is 0.736. The third-order valence-corrected chi connectivity index (χ3v) is 4.52. The van der Waals surface area contributed by atoms with Crippen molar-refractivity contribution >= 4 is 10.9 Å². The van der Waals surface area contributed by atoms with Crippen molar-refractivity contribution in [2.45, 2.75) is 32.9 Å². The predicted molar refractivity (Wildman–Crippen MR) is 82.4 cm³/mol. The van der Waals surface area contributed by atoms with Gasteiger partial charge in [-0.3, -0.25) is 14.3 Å². The molecule has 22 heavy (non-hydrogen) atoms. The summed E-state index contributed by atoms with van der Waals surface area (Å²) < 4.78 is 3.90. The zero-order valence-corrected chi connectivity index (χ0v) is 12.4. The van der Waals surface area contributed by atoms with E-state index in [2.05, 4.69) is 19.5 Å². The molecule has 3 heterocycles. The smallest absolute Gasteiger partial charge is 0.261 e. The number of aromatic nitrogens is 5. The topological polar surface area (TPSA) is 65.6 Å². The molecule has 3 aromatic heterocycles. The average Bonchev–Trinajstić information content (AvgIpc) is 3.17. The van der Waals surface area contributed by atoms with E-state index in [1.807, 2.05) is 19.3 Å². The second-order valence-electron chi connectivity index (χ2n) is 6.17. The number of hydrogen-bond donors (Lipinski definition) is 0. The molecule has 0 N–H and O–H groups in total. The summed E-state index contributed by atoms with van der Waals surface area (Å²) >= 11 is 0. The van der Waals surface area contributed by atoms with Crippen LogP contribution in [-0.4, -0.2) is 24.1 Å². The van der Waals surface area contributed by atoms with Crippen molar-refractivity contribution in [3.8, 4) is 0 Å². The normalized spacial score (nSPS) is 16.0. The van der Waals surface area contributed by atoms with Crippen LogP contribution in [0, 0.1) is 12.3 Å². The van der Waals surface area contributed by atoms with Gasteiger partial charge in [0.05, 0.1) is 23.4 Å². The molecule has 6 heteroatoms. The number of hydrogen-bond acceptors (Lipinski definition) is 4. The summed E-state index contributed by atoms with van der Waals surface area (Å²) in [7, 11) is 0. The van der Waals surface area contributed by atoms with Crippen LogP contribution in [0.4, 0.5) is 0 Å². The van der Waals surface area contributed by atoms with Crippen molar-refractivity contribution in [2.24, 2.45) is 5.41 Å². The van der Waals surface area contributed by atoms with E-state index in [4.69, 9.17) is 0 Å². The van der Waals surface area contributed by atoms with E-state index in [1.165, 1.54) is 0 Å². The molecular formula is C16H17N5O. The van der Waals surface area contributed by atoms with Gasteiger partial charge in [-0.05, 0) is 25.8 Å². The average molecular weight is 295 g/mol. The minimum atomic E-state index is 0.0148. The van der Waals surface area contributed by atoms with Gasteiger partial charge in [-0.25, -0.2) is 9.97 Å². The number of aryl methyl sites for hydroxylation is 1. The monoisotopic (exact) mass is 295 g/mol. The molecule has 0 amide bonds. The largest absolute Gasteiger partial charge is 0.335 e. The van der Waals surface area contributed by atoms with Crippen molar-refractivity contribution in [3.05, 3.63) is 53.4 Å². The Hall–Kier alpha value is -2.50. The molecule has 4 rings (SSSR count). The Morgan fingerprint density at radius 2 is 2.00 bits per heavy atom. The van der Waals surface area contributed by atoms with Crippen LogP contribution >= 0.6 is 0 Å². The van der Waals surface area contributed by atoms with Gasteiger partial charge in [-0.2, -0.15) is 0 Å². The van der Waals surface area contributed by atoms with Crippen LogP contribution in [0.5, 0.6) is 0 Å². The number of fused-ring (bicyclic) bond motifs is 1. The zero-order valence-electron chi connectivity index (χ0n) is 12.4. The molecule has 1 fully saturated rings. The Balaban J connectivity index is 1.65. The molecule has 0 unspecified atom stereocenters. The summed E-state index contributed by atoms with van der Waals surface area (Å²) in [6.45, 7) is 3.61. The predicted octanol–water partition coefficient (Wildman–Crippen LogP) is 1.78. The van der Waals surface area contributed by atoms with Crippen LogP contribution in [0.2, 0.25) is 0 Å². The van der Waals surface area contributed by atoms with Crippen molar-refractivity contribution in [1.29, 1.82) is 0 Å². The fourth-order valence-electron chi connectivity index (χ4n) is 2.96. The molecule has 1 aliphatic carbocycles. The lowest BCUT2D eigenvalue weighted by Gasteiger charge is -2.18. The third-order valence-electron chi connectivity index (χ3n) is 4.52. The van der Waals surface area contributed by atoms with Crippen LogP contribution in [-0.2, 0) is 13.1 Å². The molecule has 0 radical (unpaired) electrons. The number of pyridine rings is 1. The number of rotatable bonds is 4. The molecule has 0 aromatic carbocycles. The van der Waals surface area contributed by atoms with E-state index in [1.54, 1.807) is 29.4 Å². The summed E-state index contributed by atoms with van der Waals surface area (Å²) in [6, 6.07) is 1.74. The molecule has 0 aliphatic heterocycles. The second kappa shape index (κ2) is 4.76. The van der Waals surface area contributed by atoms with Crippen LogP contribution in [0.25, 0.3) is 10.9 Å². The Morgan fingerprint density at radius 3 is 2.73 bits per heavy atom. The molecule has 0 spiro atoms. The van der Waals surface area contributed by atoms with Crippen LogP contribution in [0.3, 0.4) is 0 Å². The van der Waals surface area contributed by atoms with Crippen LogP contribution in [0.15, 0.2) is 42.0 Å². The van der Waals surface area contributed by atoms with Gasteiger partial charge in [0.15, 0.2) is 0 Å². The Morgan fingerprint density at radius 1 is 1.18 bits per heavy atom. The van der Waals surface area contributed by atoms with E-state index in [0.717, 1.165) is 25.2 Å². The Bertz CT molecular complexity index is 891. The van der Waals surface area contributed by atoms with E-state index >= 15 is 0 Å². The van der Waals surface area contributed by atoms with Gasteiger partial charge in [0.25, 0.3) is 5.56 Å². The van der Waals surface area contributed by atoms with Gasteiger partial charge >= 0.3 is 0 Å². The zero-order chi connectivity index (χ0) is 15.2. The first kappa shape index (κ1) is 13.2. The molecule has 3 aromatic rings. The molecule has 0 atom stereocenters. The maximum atomic E-state index is 12.6. The van der Waals surface area contributed by atoms with Crippen molar-refractivity contribution < 1.29 is 0 Å². The molecule has 1 saturated carbocycles. The van der Waals surface area contributed by atoms with Gasteiger partial charge in [0.2, 0.25) is 0 Å². The van der Waals surface area contributed by atoms with Crippen molar-refractivity contribution in [2.75, 3.05) is 0 Å². The fraction of sp³-hybridized carbons (Fsp3) is 0.375. The summed E-state index contributed by atoms with van der Waals surface area (Å²) in [5.74, 6) is 1.02. The molecule has 112 valence electrons. The minimum absolute atomic E-state index is 0.0148. The SMILES string of the molecule is Cc1nccn1CC1(Cn2cnc3cnccc3c2=O)CC1. The van der Waals surface area contributed by atoms with Crippen LogP contribution < -0.4 is 5.56 Å². The van der Waals surface area contributed by atoms with Gasteiger partial charge < -0.3 is 4.57 Å². The van der Waals surface area contributed by atoms with Gasteiger partial charge in [0.1, 0.15) is 5.82 Å². The lowest BCUT2D eigenvalue weighted by atomic mass is 10.1. The third kappa shape index (κ3) is 2.20. The highest BCUT2D eigenvalue weighted by Crippen LogP contribution is 2.48. The van der Waals surface area contributed by atoms with Crippen molar-refractivity contribution in [3.63, 3.8) is 0 Å². The number of imidazole rings is 1. The summed E-state index contributed by atoms with van der Waals surface area (Å²) in [6.07, 6.45) is 11.0. The molecule has 0 bridgehead atoms. The first-order valence-corrected chi connectivity index (χ1v) is 7.44. The van der Waals surface area contributed by atoms with Crippen LogP contribution in [0.1, 0.15) is 18.7 Å². The first-order chi connectivity index (χ1) is 10.7. The first-order valence-electron chi connectivity index (χ1n) is 7.44. The highest BCUT2D eigenvalue weighted by atomic mass is 16.1. The van der Waals surface area contributed by atoms with Gasteiger partial charge in [-0.1, -0.05) is 0 Å². The summed E-state index contributed by atoms with van der Waals surface area (Å²) in [5, 5.41) is 0.632. The molecular weight excluding hydrogens is 278 g/mol. The lowest BCUT2D eigenvalue weighted by Crippen LogP contribution is -2.27. The fourth-order valence-corrected chi connectivity index (χ4v) is 2.96. The summed E-state index contributed by atoms with van der Waals surface area (Å²) in [4.78, 5) is 25.2. The summed E-state index contributed by atoms with van der Waals surface area (Å²) in [5.41, 5.74) is 0.817. The maximum absolute atomic E-state index is 12.6. The Labute approximate surface area is 127 Å². The van der Waals surface area contributed by atoms with E-state index in [0.29, 0.717) is 17.4 Å². The molecule has 6 nitrogen and oxygen atoms in total. The van der Waals surface area contributed by atoms with E-state index < -0.39 is 0 Å². The second-order valence-corrected chi connectivity index (χ2v) is 6.17. The lowest BCUT2D eigenvalue weighted by molar-refractivity contribution is 0.353.